The number of aromatic hydroxyl groups is 1. The van der Waals surface area contributed by atoms with Crippen LogP contribution in [0.5, 0.6) is 5.75 Å². The second-order valence-electron chi connectivity index (χ2n) is 7.23. The number of hydrogen-bond donors (Lipinski definition) is 1. The first-order valence-electron chi connectivity index (χ1n) is 9.31. The molecule has 0 amide bonds. The van der Waals surface area contributed by atoms with Crippen molar-refractivity contribution in [3.05, 3.63) is 27.8 Å². The number of rotatable bonds is 6. The average Bonchev–Trinajstić information content (AvgIpc) is 2.68. The lowest BCUT2D eigenvalue weighted by Gasteiger charge is -2.35. The number of piperazine rings is 1. The van der Waals surface area contributed by atoms with Crippen LogP contribution >= 0.6 is 0 Å². The Hall–Kier alpha value is -1.50. The van der Waals surface area contributed by atoms with Gasteiger partial charge in [-0.3, -0.25) is 9.80 Å². The highest BCUT2D eigenvalue weighted by Gasteiger charge is 2.29. The van der Waals surface area contributed by atoms with E-state index >= 15 is 0 Å². The summed E-state index contributed by atoms with van der Waals surface area (Å²) in [6, 6.07) is 0. The molecule has 0 bridgehead atoms. The summed E-state index contributed by atoms with van der Waals surface area (Å²) in [5.74, 6) is -0.0360. The van der Waals surface area contributed by atoms with Gasteiger partial charge in [0.05, 0.1) is 18.8 Å². The lowest BCUT2D eigenvalue weighted by Crippen LogP contribution is -2.51. The Labute approximate surface area is 165 Å². The Morgan fingerprint density at radius 1 is 1.04 bits per heavy atom. The fourth-order valence-corrected chi connectivity index (χ4v) is 4.45. The third kappa shape index (κ3) is 4.73. The summed E-state index contributed by atoms with van der Waals surface area (Å²) >= 11 is 0. The summed E-state index contributed by atoms with van der Waals surface area (Å²) in [7, 11) is -0.431. The highest BCUT2D eigenvalue weighted by Crippen LogP contribution is 2.23. The maximum atomic E-state index is 12.2. The Balaban J connectivity index is 1.66. The Morgan fingerprint density at radius 3 is 2.25 bits per heavy atom. The van der Waals surface area contributed by atoms with E-state index < -0.39 is 15.8 Å². The van der Waals surface area contributed by atoms with E-state index in [-0.39, 0.29) is 17.9 Å². The molecule has 0 aromatic carbocycles. The van der Waals surface area contributed by atoms with Crippen molar-refractivity contribution < 1.29 is 22.7 Å². The van der Waals surface area contributed by atoms with Crippen molar-refractivity contribution in [3.63, 3.8) is 0 Å². The van der Waals surface area contributed by atoms with Crippen molar-refractivity contribution >= 4 is 10.2 Å². The normalized spacial score (nSPS) is 20.7. The number of nitrogens with zero attached hydrogens (tertiary/aromatic N) is 4. The summed E-state index contributed by atoms with van der Waals surface area (Å²) < 4.78 is 37.5. The van der Waals surface area contributed by atoms with Crippen molar-refractivity contribution in [2.24, 2.45) is 0 Å². The van der Waals surface area contributed by atoms with Crippen LogP contribution in [0.15, 0.2) is 15.5 Å². The van der Waals surface area contributed by atoms with E-state index in [1.165, 1.54) is 29.0 Å². The van der Waals surface area contributed by atoms with Crippen LogP contribution in [0.2, 0.25) is 0 Å². The molecular weight excluding hydrogens is 388 g/mol. The van der Waals surface area contributed by atoms with Crippen LogP contribution in [-0.2, 0) is 28.0 Å². The van der Waals surface area contributed by atoms with Crippen molar-refractivity contribution in [2.45, 2.75) is 13.1 Å². The lowest BCUT2D eigenvalue weighted by atomic mass is 10.1. The molecule has 28 heavy (non-hydrogen) atoms. The molecule has 1 aromatic rings. The zero-order valence-corrected chi connectivity index (χ0v) is 17.2. The first-order chi connectivity index (χ1) is 13.3. The largest absolute Gasteiger partial charge is 0.507 e. The summed E-state index contributed by atoms with van der Waals surface area (Å²) in [5.41, 5.74) is 0.228. The molecule has 0 aliphatic carbocycles. The van der Waals surface area contributed by atoms with Crippen LogP contribution in [0.25, 0.3) is 0 Å². The molecule has 0 saturated carbocycles. The van der Waals surface area contributed by atoms with Gasteiger partial charge < -0.3 is 14.3 Å². The minimum Gasteiger partial charge on any atom is -0.507 e. The molecule has 10 nitrogen and oxygen atoms in total. The highest BCUT2D eigenvalue weighted by atomic mass is 32.2. The second kappa shape index (κ2) is 8.89. The van der Waals surface area contributed by atoms with Gasteiger partial charge in [-0.2, -0.15) is 17.0 Å². The monoisotopic (exact) mass is 416 g/mol. The van der Waals surface area contributed by atoms with Gasteiger partial charge in [0.25, 0.3) is 10.2 Å². The van der Waals surface area contributed by atoms with Gasteiger partial charge in [0.15, 0.2) is 0 Å². The van der Waals surface area contributed by atoms with Crippen molar-refractivity contribution in [1.29, 1.82) is 0 Å². The lowest BCUT2D eigenvalue weighted by molar-refractivity contribution is 0.0335. The molecule has 1 N–H and O–H groups in total. The minimum atomic E-state index is -3.44. The number of morpholine rings is 1. The quantitative estimate of drug-likeness (QED) is 0.636. The second-order valence-corrected chi connectivity index (χ2v) is 9.37. The molecule has 2 fully saturated rings. The first-order valence-corrected chi connectivity index (χ1v) is 10.7. The number of hydrogen-bond acceptors (Lipinski definition) is 8. The third-order valence-corrected chi connectivity index (χ3v) is 7.08. The predicted octanol–water partition coefficient (Wildman–Crippen LogP) is -0.898. The van der Waals surface area contributed by atoms with Crippen molar-refractivity contribution in [1.82, 2.24) is 18.4 Å². The van der Waals surface area contributed by atoms with E-state index in [1.807, 2.05) is 4.90 Å². The van der Waals surface area contributed by atoms with Crippen LogP contribution in [0.4, 0.5) is 0 Å². The van der Waals surface area contributed by atoms with Gasteiger partial charge >= 0.3 is 5.63 Å². The standard InChI is InChI=1S/C17H28N4O6S/c1-18(2)28(24,25)21-5-3-19(4-6-21)12-15-16(22)14(13-27-17(15)23)11-20-7-9-26-10-8-20/h13,22H,3-12H2,1-2H3. The van der Waals surface area contributed by atoms with E-state index in [2.05, 4.69) is 4.90 Å². The van der Waals surface area contributed by atoms with Gasteiger partial charge in [-0.1, -0.05) is 0 Å². The molecule has 0 spiro atoms. The molecule has 2 saturated heterocycles. The smallest absolute Gasteiger partial charge is 0.343 e. The van der Waals surface area contributed by atoms with E-state index in [1.54, 1.807) is 0 Å². The molecule has 2 aliphatic heterocycles. The molecule has 1 aromatic heterocycles. The molecule has 0 radical (unpaired) electrons. The van der Waals surface area contributed by atoms with E-state index in [0.29, 0.717) is 51.5 Å². The molecule has 3 rings (SSSR count). The van der Waals surface area contributed by atoms with Gasteiger partial charge in [-0.15, -0.1) is 0 Å². The molecule has 0 atom stereocenters. The van der Waals surface area contributed by atoms with E-state index in [9.17, 15) is 18.3 Å². The zero-order valence-electron chi connectivity index (χ0n) is 16.3. The summed E-state index contributed by atoms with van der Waals surface area (Å²) in [5, 5.41) is 10.6. The highest BCUT2D eigenvalue weighted by molar-refractivity contribution is 7.86. The SMILES string of the molecule is CN(C)S(=O)(=O)N1CCN(Cc2c(O)c(CN3CCOCC3)coc2=O)CC1. The van der Waals surface area contributed by atoms with Gasteiger partial charge in [-0.05, 0) is 0 Å². The van der Waals surface area contributed by atoms with Gasteiger partial charge in [0, 0.05) is 72.0 Å². The van der Waals surface area contributed by atoms with Crippen LogP contribution in [0.3, 0.4) is 0 Å². The topological polar surface area (TPSA) is 107 Å². The fraction of sp³-hybridized carbons (Fsp3) is 0.706. The summed E-state index contributed by atoms with van der Waals surface area (Å²) in [6.45, 7) is 5.13. The van der Waals surface area contributed by atoms with Crippen molar-refractivity contribution in [2.75, 3.05) is 66.6 Å². The van der Waals surface area contributed by atoms with Gasteiger partial charge in [0.1, 0.15) is 12.0 Å². The third-order valence-electron chi connectivity index (χ3n) is 5.14. The molecule has 2 aliphatic rings. The van der Waals surface area contributed by atoms with Crippen molar-refractivity contribution in [3.8, 4) is 5.75 Å². The van der Waals surface area contributed by atoms with Crippen LogP contribution in [0, 0.1) is 0 Å². The molecule has 0 unspecified atom stereocenters. The van der Waals surface area contributed by atoms with Gasteiger partial charge in [-0.25, -0.2) is 4.79 Å². The number of ether oxygens (including phenoxy) is 1. The molecule has 11 heteroatoms. The zero-order chi connectivity index (χ0) is 20.3. The fourth-order valence-electron chi connectivity index (χ4n) is 3.37. The van der Waals surface area contributed by atoms with E-state index in [0.717, 1.165) is 13.1 Å². The Kier molecular flexibility index (Phi) is 6.73. The van der Waals surface area contributed by atoms with Crippen LogP contribution in [-0.4, -0.2) is 98.5 Å². The Bertz CT molecular complexity index is 827. The Morgan fingerprint density at radius 2 is 1.64 bits per heavy atom. The maximum Gasteiger partial charge on any atom is 0.343 e. The average molecular weight is 417 g/mol. The minimum absolute atomic E-state index is 0.0360. The van der Waals surface area contributed by atoms with Crippen LogP contribution in [0.1, 0.15) is 11.1 Å². The maximum absolute atomic E-state index is 12.2. The molecule has 158 valence electrons. The predicted molar refractivity (Wildman–Crippen MR) is 102 cm³/mol. The first kappa shape index (κ1) is 21.2. The summed E-state index contributed by atoms with van der Waals surface area (Å²) in [6.07, 6.45) is 1.32. The molecular formula is C17H28N4O6S. The van der Waals surface area contributed by atoms with E-state index in [4.69, 9.17) is 9.15 Å². The van der Waals surface area contributed by atoms with Gasteiger partial charge in [0.2, 0.25) is 0 Å². The van der Waals surface area contributed by atoms with Crippen LogP contribution < -0.4 is 5.63 Å². The molecule has 3 heterocycles. The summed E-state index contributed by atoms with van der Waals surface area (Å²) in [4.78, 5) is 16.3.